The number of hydrogen-bond donors (Lipinski definition) is 2. The van der Waals surface area contributed by atoms with E-state index in [1.165, 1.54) is 6.07 Å². The van der Waals surface area contributed by atoms with E-state index in [-0.39, 0.29) is 18.0 Å². The molecule has 20 heavy (non-hydrogen) atoms. The summed E-state index contributed by atoms with van der Waals surface area (Å²) in [7, 11) is 0. The van der Waals surface area contributed by atoms with Gasteiger partial charge in [-0.2, -0.15) is 4.98 Å². The van der Waals surface area contributed by atoms with E-state index < -0.39 is 0 Å². The second-order valence-electron chi connectivity index (χ2n) is 4.77. The first-order chi connectivity index (χ1) is 9.67. The first-order valence-electron chi connectivity index (χ1n) is 6.44. The highest BCUT2D eigenvalue weighted by Crippen LogP contribution is 2.38. The van der Waals surface area contributed by atoms with Crippen LogP contribution in [0.3, 0.4) is 0 Å². The number of ether oxygens (including phenoxy) is 1. The van der Waals surface area contributed by atoms with Crippen LogP contribution >= 0.6 is 11.6 Å². The largest absolute Gasteiger partial charge is 0.438 e. The summed E-state index contributed by atoms with van der Waals surface area (Å²) in [5.74, 6) is 1.83. The van der Waals surface area contributed by atoms with Crippen LogP contribution in [0.25, 0.3) is 0 Å². The zero-order chi connectivity index (χ0) is 14.1. The van der Waals surface area contributed by atoms with Gasteiger partial charge < -0.3 is 15.5 Å². The third kappa shape index (κ3) is 2.69. The minimum Gasteiger partial charge on any atom is -0.438 e. The Kier molecular flexibility index (Phi) is 3.46. The Bertz CT molecular complexity index is 695. The highest BCUT2D eigenvalue weighted by atomic mass is 35.5. The molecule has 0 saturated heterocycles. The standard InChI is InChI=1S/C14H14ClN3O2/c15-10-2-1-3-11(9(10)7-16)20-13-6-12(19)17-14(18-13)8-4-5-8/h1-3,6,8H,4-5,7,16H2,(H,17,18,19). The molecule has 0 aliphatic heterocycles. The van der Waals surface area contributed by atoms with Gasteiger partial charge in [0.25, 0.3) is 5.56 Å². The third-order valence-corrected chi connectivity index (χ3v) is 3.55. The van der Waals surface area contributed by atoms with Crippen LogP contribution in [-0.4, -0.2) is 9.97 Å². The van der Waals surface area contributed by atoms with Crippen LogP contribution in [0.4, 0.5) is 0 Å². The van der Waals surface area contributed by atoms with Gasteiger partial charge in [-0.05, 0) is 25.0 Å². The molecule has 1 heterocycles. The van der Waals surface area contributed by atoms with Crippen molar-refractivity contribution in [2.45, 2.75) is 25.3 Å². The fourth-order valence-corrected chi connectivity index (χ4v) is 2.24. The third-order valence-electron chi connectivity index (χ3n) is 3.20. The maximum absolute atomic E-state index is 11.6. The number of halogens is 1. The lowest BCUT2D eigenvalue weighted by atomic mass is 10.2. The second kappa shape index (κ2) is 5.26. The quantitative estimate of drug-likeness (QED) is 0.907. The zero-order valence-electron chi connectivity index (χ0n) is 10.7. The smallest absolute Gasteiger partial charge is 0.254 e. The average Bonchev–Trinajstić information content (AvgIpc) is 3.22. The summed E-state index contributed by atoms with van der Waals surface area (Å²) in [6.07, 6.45) is 2.11. The Morgan fingerprint density at radius 2 is 2.25 bits per heavy atom. The summed E-state index contributed by atoms with van der Waals surface area (Å²) >= 11 is 6.07. The van der Waals surface area contributed by atoms with E-state index in [4.69, 9.17) is 22.1 Å². The van der Waals surface area contributed by atoms with Gasteiger partial charge in [-0.25, -0.2) is 0 Å². The predicted octanol–water partition coefficient (Wildman–Crippen LogP) is 2.55. The number of benzene rings is 1. The minimum atomic E-state index is -0.215. The lowest BCUT2D eigenvalue weighted by Crippen LogP contribution is -2.10. The predicted molar refractivity (Wildman–Crippen MR) is 76.3 cm³/mol. The maximum atomic E-state index is 11.6. The van der Waals surface area contributed by atoms with Crippen molar-refractivity contribution in [3.05, 3.63) is 51.0 Å². The maximum Gasteiger partial charge on any atom is 0.254 e. The number of H-pyrrole nitrogens is 1. The van der Waals surface area contributed by atoms with Crippen molar-refractivity contribution in [3.63, 3.8) is 0 Å². The normalized spacial score (nSPS) is 14.3. The van der Waals surface area contributed by atoms with Crippen molar-refractivity contribution in [1.29, 1.82) is 0 Å². The lowest BCUT2D eigenvalue weighted by Gasteiger charge is -2.11. The molecular weight excluding hydrogens is 278 g/mol. The van der Waals surface area contributed by atoms with E-state index in [2.05, 4.69) is 9.97 Å². The van der Waals surface area contributed by atoms with Gasteiger partial charge in [0.05, 0.1) is 6.07 Å². The molecule has 1 fully saturated rings. The topological polar surface area (TPSA) is 81.0 Å². The molecule has 1 aliphatic carbocycles. The minimum absolute atomic E-state index is 0.215. The van der Waals surface area contributed by atoms with Crippen molar-refractivity contribution < 1.29 is 4.74 Å². The number of nitrogens with zero attached hydrogens (tertiary/aromatic N) is 1. The summed E-state index contributed by atoms with van der Waals surface area (Å²) < 4.78 is 5.69. The average molecular weight is 292 g/mol. The fraction of sp³-hybridized carbons (Fsp3) is 0.286. The molecule has 3 rings (SSSR count). The summed E-state index contributed by atoms with van der Waals surface area (Å²) in [5, 5.41) is 0.539. The van der Waals surface area contributed by atoms with Crippen molar-refractivity contribution in [2.24, 2.45) is 5.73 Å². The van der Waals surface area contributed by atoms with Crippen LogP contribution in [0.2, 0.25) is 5.02 Å². The first-order valence-corrected chi connectivity index (χ1v) is 6.81. The van der Waals surface area contributed by atoms with Gasteiger partial charge in [0.1, 0.15) is 11.6 Å². The van der Waals surface area contributed by atoms with E-state index in [0.717, 1.165) is 12.8 Å². The molecule has 6 heteroatoms. The number of nitrogens with two attached hydrogens (primary N) is 1. The van der Waals surface area contributed by atoms with Gasteiger partial charge in [-0.1, -0.05) is 17.7 Å². The molecule has 0 bridgehead atoms. The van der Waals surface area contributed by atoms with Crippen LogP contribution in [0, 0.1) is 0 Å². The van der Waals surface area contributed by atoms with Gasteiger partial charge in [-0.3, -0.25) is 4.79 Å². The molecule has 2 aromatic rings. The molecular formula is C14H14ClN3O2. The highest BCUT2D eigenvalue weighted by molar-refractivity contribution is 6.31. The Morgan fingerprint density at radius 1 is 1.45 bits per heavy atom. The van der Waals surface area contributed by atoms with Crippen molar-refractivity contribution in [2.75, 3.05) is 0 Å². The van der Waals surface area contributed by atoms with E-state index in [1.807, 2.05) is 0 Å². The molecule has 5 nitrogen and oxygen atoms in total. The van der Waals surface area contributed by atoms with Gasteiger partial charge in [0.15, 0.2) is 0 Å². The Morgan fingerprint density at radius 3 is 2.95 bits per heavy atom. The Hall–Kier alpha value is -1.85. The van der Waals surface area contributed by atoms with E-state index in [9.17, 15) is 4.79 Å². The summed E-state index contributed by atoms with van der Waals surface area (Å²) in [6, 6.07) is 6.60. The van der Waals surface area contributed by atoms with Crippen molar-refractivity contribution >= 4 is 11.6 Å². The van der Waals surface area contributed by atoms with Crippen LogP contribution in [0.15, 0.2) is 29.1 Å². The molecule has 0 radical (unpaired) electrons. The Labute approximate surface area is 120 Å². The Balaban J connectivity index is 1.95. The van der Waals surface area contributed by atoms with Gasteiger partial charge in [0.2, 0.25) is 5.88 Å². The van der Waals surface area contributed by atoms with E-state index in [0.29, 0.717) is 28.1 Å². The molecule has 0 spiro atoms. The van der Waals surface area contributed by atoms with Crippen LogP contribution in [0.5, 0.6) is 11.6 Å². The number of nitrogens with one attached hydrogen (secondary N) is 1. The van der Waals surface area contributed by atoms with Crippen molar-refractivity contribution in [1.82, 2.24) is 9.97 Å². The van der Waals surface area contributed by atoms with Crippen LogP contribution in [0.1, 0.15) is 30.1 Å². The summed E-state index contributed by atoms with van der Waals surface area (Å²) in [5.41, 5.74) is 6.15. The lowest BCUT2D eigenvalue weighted by molar-refractivity contribution is 0.452. The van der Waals surface area contributed by atoms with Crippen LogP contribution < -0.4 is 16.0 Å². The summed E-state index contributed by atoms with van der Waals surface area (Å²) in [4.78, 5) is 18.7. The SMILES string of the molecule is NCc1c(Cl)cccc1Oc1cc(=O)[nH]c(C2CC2)n1. The second-order valence-corrected chi connectivity index (χ2v) is 5.17. The molecule has 0 amide bonds. The first kappa shape index (κ1) is 13.1. The summed E-state index contributed by atoms with van der Waals surface area (Å²) in [6.45, 7) is 0.258. The van der Waals surface area contributed by atoms with Gasteiger partial charge in [-0.15, -0.1) is 0 Å². The molecule has 104 valence electrons. The van der Waals surface area contributed by atoms with E-state index in [1.54, 1.807) is 18.2 Å². The zero-order valence-corrected chi connectivity index (χ0v) is 11.5. The molecule has 0 unspecified atom stereocenters. The van der Waals surface area contributed by atoms with Crippen molar-refractivity contribution in [3.8, 4) is 11.6 Å². The number of aromatic nitrogens is 2. The number of hydrogen-bond acceptors (Lipinski definition) is 4. The highest BCUT2D eigenvalue weighted by Gasteiger charge is 2.26. The molecule has 1 saturated carbocycles. The monoisotopic (exact) mass is 291 g/mol. The number of rotatable bonds is 4. The van der Waals surface area contributed by atoms with E-state index >= 15 is 0 Å². The fourth-order valence-electron chi connectivity index (χ4n) is 2.00. The molecule has 1 aromatic heterocycles. The van der Waals surface area contributed by atoms with Gasteiger partial charge >= 0.3 is 0 Å². The van der Waals surface area contributed by atoms with Crippen LogP contribution in [-0.2, 0) is 6.54 Å². The number of aromatic amines is 1. The molecule has 0 atom stereocenters. The molecule has 1 aromatic carbocycles. The van der Waals surface area contributed by atoms with Gasteiger partial charge in [0, 0.05) is 23.0 Å². The molecule has 1 aliphatic rings. The molecule has 3 N–H and O–H groups in total.